The third-order valence-electron chi connectivity index (χ3n) is 3.34. The normalized spacial score (nSPS) is 28.8. The molecule has 6 heteroatoms. The van der Waals surface area contributed by atoms with Gasteiger partial charge in [0.2, 0.25) is 0 Å². The Morgan fingerprint density at radius 1 is 1.53 bits per heavy atom. The number of rotatable bonds is 2. The Morgan fingerprint density at radius 2 is 2.41 bits per heavy atom. The minimum Gasteiger partial charge on any atom is -0.329 e. The van der Waals surface area contributed by atoms with Gasteiger partial charge in [0.15, 0.2) is 0 Å². The molecule has 0 spiro atoms. The molecule has 2 aliphatic heterocycles. The maximum atomic E-state index is 11.9. The van der Waals surface area contributed by atoms with E-state index in [-0.39, 0.29) is 12.1 Å². The summed E-state index contributed by atoms with van der Waals surface area (Å²) in [6.07, 6.45) is 1.06. The van der Waals surface area contributed by atoms with Gasteiger partial charge >= 0.3 is 6.03 Å². The molecule has 2 N–H and O–H groups in total. The lowest BCUT2D eigenvalue weighted by Crippen LogP contribution is -2.39. The van der Waals surface area contributed by atoms with Crippen molar-refractivity contribution in [1.29, 1.82) is 0 Å². The van der Waals surface area contributed by atoms with Gasteiger partial charge in [0.05, 0.1) is 6.04 Å². The van der Waals surface area contributed by atoms with Crippen molar-refractivity contribution in [3.63, 3.8) is 0 Å². The Kier molecular flexibility index (Phi) is 3.10. The van der Waals surface area contributed by atoms with Crippen LogP contribution in [-0.4, -0.2) is 36.6 Å². The van der Waals surface area contributed by atoms with Gasteiger partial charge in [0.25, 0.3) is 0 Å². The van der Waals surface area contributed by atoms with Gasteiger partial charge in [-0.05, 0) is 35.0 Å². The molecule has 92 valence electrons. The first-order valence-electron chi connectivity index (χ1n) is 5.76. The monoisotopic (exact) mass is 315 g/mol. The van der Waals surface area contributed by atoms with E-state index in [0.717, 1.165) is 30.5 Å². The lowest BCUT2D eigenvalue weighted by atomic mass is 10.2. The predicted octanol–water partition coefficient (Wildman–Crippen LogP) is 1.94. The molecule has 0 bridgehead atoms. The highest BCUT2D eigenvalue weighted by Gasteiger charge is 2.36. The number of carbonyl (C=O) groups excluding carboxylic acids is 1. The fourth-order valence-electron chi connectivity index (χ4n) is 2.45. The Bertz CT molecular complexity index is 430. The fraction of sp³-hybridized carbons (Fsp3) is 0.545. The number of hydrogen-bond donors (Lipinski definition) is 2. The van der Waals surface area contributed by atoms with Crippen molar-refractivity contribution >= 4 is 33.3 Å². The maximum Gasteiger partial charge on any atom is 0.318 e. The third-order valence-corrected chi connectivity index (χ3v) is 5.15. The molecule has 2 saturated heterocycles. The van der Waals surface area contributed by atoms with Crippen LogP contribution in [-0.2, 0) is 0 Å². The molecule has 0 aliphatic carbocycles. The quantitative estimate of drug-likeness (QED) is 0.876. The SMILES string of the molecule is O=C1NC(c2cc(Br)cs2)CN1C1CCNC1. The first-order valence-corrected chi connectivity index (χ1v) is 7.43. The fourth-order valence-corrected chi connectivity index (χ4v) is 3.94. The van der Waals surface area contributed by atoms with Crippen molar-refractivity contribution in [1.82, 2.24) is 15.5 Å². The molecule has 2 unspecified atom stereocenters. The zero-order chi connectivity index (χ0) is 11.8. The standard InChI is InChI=1S/C11H14BrN3OS/c12-7-3-10(17-6-7)9-5-15(11(16)14-9)8-1-2-13-4-8/h3,6,8-9,13H,1-2,4-5H2,(H,14,16). The van der Waals surface area contributed by atoms with Crippen LogP contribution in [0.3, 0.4) is 0 Å². The zero-order valence-electron chi connectivity index (χ0n) is 9.28. The van der Waals surface area contributed by atoms with Crippen LogP contribution < -0.4 is 10.6 Å². The minimum atomic E-state index is 0.0771. The highest BCUT2D eigenvalue weighted by molar-refractivity contribution is 9.10. The molecule has 2 aliphatic rings. The summed E-state index contributed by atoms with van der Waals surface area (Å²) < 4.78 is 1.09. The summed E-state index contributed by atoms with van der Waals surface area (Å²) in [6, 6.07) is 2.68. The van der Waals surface area contributed by atoms with Crippen LogP contribution in [0.1, 0.15) is 17.3 Å². The Labute approximate surface area is 113 Å². The Morgan fingerprint density at radius 3 is 3.06 bits per heavy atom. The summed E-state index contributed by atoms with van der Waals surface area (Å²) in [5.41, 5.74) is 0. The van der Waals surface area contributed by atoms with Crippen molar-refractivity contribution in [2.45, 2.75) is 18.5 Å². The minimum absolute atomic E-state index is 0.0771. The molecule has 4 nitrogen and oxygen atoms in total. The molecule has 0 saturated carbocycles. The third kappa shape index (κ3) is 2.21. The summed E-state index contributed by atoms with van der Waals surface area (Å²) in [5.74, 6) is 0. The van der Waals surface area contributed by atoms with Gasteiger partial charge in [-0.15, -0.1) is 11.3 Å². The summed E-state index contributed by atoms with van der Waals surface area (Å²) in [6.45, 7) is 2.73. The molecule has 2 fully saturated rings. The van der Waals surface area contributed by atoms with Gasteiger partial charge in [0, 0.05) is 33.9 Å². The first kappa shape index (κ1) is 11.5. The highest BCUT2D eigenvalue weighted by atomic mass is 79.9. The molecule has 0 aromatic carbocycles. The van der Waals surface area contributed by atoms with Crippen LogP contribution in [0, 0.1) is 0 Å². The largest absolute Gasteiger partial charge is 0.329 e. The van der Waals surface area contributed by atoms with Crippen molar-refractivity contribution < 1.29 is 4.79 Å². The molecular weight excluding hydrogens is 302 g/mol. The number of urea groups is 1. The smallest absolute Gasteiger partial charge is 0.318 e. The second kappa shape index (κ2) is 4.59. The van der Waals surface area contributed by atoms with Crippen LogP contribution >= 0.6 is 27.3 Å². The number of halogens is 1. The van der Waals surface area contributed by atoms with Crippen LogP contribution in [0.4, 0.5) is 4.79 Å². The van der Waals surface area contributed by atoms with Crippen LogP contribution in [0.2, 0.25) is 0 Å². The van der Waals surface area contributed by atoms with Crippen LogP contribution in [0.25, 0.3) is 0 Å². The second-order valence-corrected chi connectivity index (χ2v) is 6.33. The number of thiophene rings is 1. The number of nitrogens with one attached hydrogen (secondary N) is 2. The molecule has 17 heavy (non-hydrogen) atoms. The number of amides is 2. The first-order chi connectivity index (χ1) is 8.24. The highest BCUT2D eigenvalue weighted by Crippen LogP contribution is 2.30. The van der Waals surface area contributed by atoms with E-state index in [2.05, 4.69) is 38.0 Å². The second-order valence-electron chi connectivity index (χ2n) is 4.47. The molecular formula is C11H14BrN3OS. The van der Waals surface area contributed by atoms with Gasteiger partial charge in [-0.2, -0.15) is 0 Å². The topological polar surface area (TPSA) is 44.4 Å². The summed E-state index contributed by atoms with van der Waals surface area (Å²) in [7, 11) is 0. The van der Waals surface area contributed by atoms with Crippen molar-refractivity contribution in [2.75, 3.05) is 19.6 Å². The Balaban J connectivity index is 1.72. The van der Waals surface area contributed by atoms with E-state index in [1.54, 1.807) is 11.3 Å². The zero-order valence-corrected chi connectivity index (χ0v) is 11.7. The number of hydrogen-bond acceptors (Lipinski definition) is 3. The molecule has 2 atom stereocenters. The van der Waals surface area contributed by atoms with E-state index in [9.17, 15) is 4.79 Å². The molecule has 3 heterocycles. The predicted molar refractivity (Wildman–Crippen MR) is 71.3 cm³/mol. The van der Waals surface area contributed by atoms with Gasteiger partial charge in [-0.3, -0.25) is 0 Å². The van der Waals surface area contributed by atoms with Crippen LogP contribution in [0.15, 0.2) is 15.9 Å². The number of nitrogens with zero attached hydrogens (tertiary/aromatic N) is 1. The molecule has 1 aromatic heterocycles. The van der Waals surface area contributed by atoms with Crippen molar-refractivity contribution in [3.05, 3.63) is 20.8 Å². The van der Waals surface area contributed by atoms with Gasteiger partial charge < -0.3 is 15.5 Å². The van der Waals surface area contributed by atoms with E-state index in [1.807, 2.05) is 4.90 Å². The molecule has 3 rings (SSSR count). The Hall–Kier alpha value is -0.590. The van der Waals surface area contributed by atoms with E-state index in [0.29, 0.717) is 6.04 Å². The van der Waals surface area contributed by atoms with Gasteiger partial charge in [-0.1, -0.05) is 0 Å². The molecule has 0 radical (unpaired) electrons. The van der Waals surface area contributed by atoms with E-state index in [4.69, 9.17) is 0 Å². The van der Waals surface area contributed by atoms with E-state index < -0.39 is 0 Å². The van der Waals surface area contributed by atoms with Gasteiger partial charge in [-0.25, -0.2) is 4.79 Å². The van der Waals surface area contributed by atoms with Crippen LogP contribution in [0.5, 0.6) is 0 Å². The van der Waals surface area contributed by atoms with E-state index in [1.165, 1.54) is 4.88 Å². The summed E-state index contributed by atoms with van der Waals surface area (Å²) in [5, 5.41) is 8.42. The molecule has 1 aromatic rings. The molecule has 2 amide bonds. The average molecular weight is 316 g/mol. The van der Waals surface area contributed by atoms with E-state index >= 15 is 0 Å². The maximum absolute atomic E-state index is 11.9. The summed E-state index contributed by atoms with van der Waals surface area (Å²) >= 11 is 5.14. The van der Waals surface area contributed by atoms with Crippen molar-refractivity contribution in [2.24, 2.45) is 0 Å². The van der Waals surface area contributed by atoms with Gasteiger partial charge in [0.1, 0.15) is 0 Å². The lowest BCUT2D eigenvalue weighted by molar-refractivity contribution is 0.201. The lowest BCUT2D eigenvalue weighted by Gasteiger charge is -2.21. The summed E-state index contributed by atoms with van der Waals surface area (Å²) in [4.78, 5) is 15.1. The average Bonchev–Trinajstić information content (AvgIpc) is 2.96. The van der Waals surface area contributed by atoms with Crippen molar-refractivity contribution in [3.8, 4) is 0 Å². The number of carbonyl (C=O) groups is 1.